The maximum atomic E-state index is 9.50. The van der Waals surface area contributed by atoms with Gasteiger partial charge in [0.15, 0.2) is 0 Å². The van der Waals surface area contributed by atoms with Gasteiger partial charge in [-0.05, 0) is 76.5 Å². The summed E-state index contributed by atoms with van der Waals surface area (Å²) in [6.45, 7) is 2.59. The van der Waals surface area contributed by atoms with Gasteiger partial charge in [-0.25, -0.2) is 0 Å². The van der Waals surface area contributed by atoms with Crippen LogP contribution in [0.3, 0.4) is 0 Å². The Morgan fingerprint density at radius 3 is 2.46 bits per heavy atom. The molecule has 2 nitrogen and oxygen atoms in total. The predicted molar refractivity (Wildman–Crippen MR) is 115 cm³/mol. The first-order chi connectivity index (χ1) is 12.6. The molecule has 128 valence electrons. The van der Waals surface area contributed by atoms with E-state index in [0.717, 1.165) is 26.0 Å². The molecular formula is C23H18INO. The van der Waals surface area contributed by atoms with E-state index >= 15 is 0 Å². The van der Waals surface area contributed by atoms with E-state index in [1.54, 1.807) is 0 Å². The second-order valence-electron chi connectivity index (χ2n) is 6.02. The van der Waals surface area contributed by atoms with E-state index in [1.807, 2.05) is 54.6 Å². The average molecular weight is 451 g/mol. The van der Waals surface area contributed by atoms with Crippen molar-refractivity contribution in [2.45, 2.75) is 13.5 Å². The summed E-state index contributed by atoms with van der Waals surface area (Å²) in [4.78, 5) is 0. The van der Waals surface area contributed by atoms with Crippen molar-refractivity contribution in [2.75, 3.05) is 0 Å². The van der Waals surface area contributed by atoms with Gasteiger partial charge in [-0.2, -0.15) is 5.26 Å². The number of aryl methyl sites for hydroxylation is 1. The SMILES string of the molecule is Cc1ccc(COc2cccc(/C=C(/C#N)c3ccc(I)cc3)c2)cc1. The summed E-state index contributed by atoms with van der Waals surface area (Å²) < 4.78 is 7.04. The van der Waals surface area contributed by atoms with Gasteiger partial charge in [-0.1, -0.05) is 54.1 Å². The zero-order valence-electron chi connectivity index (χ0n) is 14.4. The Bertz CT molecular complexity index is 951. The van der Waals surface area contributed by atoms with Gasteiger partial charge in [0, 0.05) is 3.57 Å². The van der Waals surface area contributed by atoms with Crippen LogP contribution in [-0.4, -0.2) is 0 Å². The molecule has 0 fully saturated rings. The monoisotopic (exact) mass is 451 g/mol. The van der Waals surface area contributed by atoms with E-state index < -0.39 is 0 Å². The first-order valence-corrected chi connectivity index (χ1v) is 9.38. The summed E-state index contributed by atoms with van der Waals surface area (Å²) in [6.07, 6.45) is 1.89. The molecular weight excluding hydrogens is 433 g/mol. The van der Waals surface area contributed by atoms with Gasteiger partial charge in [-0.15, -0.1) is 0 Å². The summed E-state index contributed by atoms with van der Waals surface area (Å²) >= 11 is 2.26. The van der Waals surface area contributed by atoms with Crippen LogP contribution in [0.1, 0.15) is 22.3 Å². The molecule has 0 heterocycles. The molecule has 3 aromatic carbocycles. The number of halogens is 1. The molecule has 0 amide bonds. The van der Waals surface area contributed by atoms with E-state index in [9.17, 15) is 5.26 Å². The molecule has 3 rings (SSSR count). The third kappa shape index (κ3) is 4.96. The molecule has 0 N–H and O–H groups in total. The first-order valence-electron chi connectivity index (χ1n) is 8.30. The smallest absolute Gasteiger partial charge is 0.120 e. The molecule has 0 aromatic heterocycles. The van der Waals surface area contributed by atoms with Gasteiger partial charge in [0.05, 0.1) is 11.6 Å². The number of rotatable bonds is 5. The first kappa shape index (κ1) is 18.2. The second kappa shape index (κ2) is 8.68. The van der Waals surface area contributed by atoms with Crippen molar-refractivity contribution in [2.24, 2.45) is 0 Å². The van der Waals surface area contributed by atoms with Crippen molar-refractivity contribution in [1.29, 1.82) is 5.26 Å². The van der Waals surface area contributed by atoms with Crippen LogP contribution in [0, 0.1) is 21.8 Å². The molecule has 0 unspecified atom stereocenters. The normalized spacial score (nSPS) is 11.0. The van der Waals surface area contributed by atoms with E-state index in [0.29, 0.717) is 12.2 Å². The Labute approximate surface area is 167 Å². The Hall–Kier alpha value is -2.58. The lowest BCUT2D eigenvalue weighted by Gasteiger charge is -2.08. The lowest BCUT2D eigenvalue weighted by atomic mass is 10.0. The van der Waals surface area contributed by atoms with Crippen molar-refractivity contribution >= 4 is 34.2 Å². The fourth-order valence-corrected chi connectivity index (χ4v) is 2.88. The van der Waals surface area contributed by atoms with Gasteiger partial charge in [0.25, 0.3) is 0 Å². The van der Waals surface area contributed by atoms with Gasteiger partial charge >= 0.3 is 0 Å². The highest BCUT2D eigenvalue weighted by Gasteiger charge is 2.03. The number of hydrogen-bond acceptors (Lipinski definition) is 2. The standard InChI is InChI=1S/C23H18INO/c1-17-5-7-18(8-6-17)16-26-23-4-2-3-19(14-23)13-21(15-25)20-9-11-22(24)12-10-20/h2-14H,16H2,1H3/b21-13-. The van der Waals surface area contributed by atoms with E-state index in [-0.39, 0.29) is 0 Å². The van der Waals surface area contributed by atoms with E-state index in [4.69, 9.17) is 4.74 Å². The Morgan fingerprint density at radius 2 is 1.77 bits per heavy atom. The number of nitriles is 1. The van der Waals surface area contributed by atoms with Crippen LogP contribution >= 0.6 is 22.6 Å². The maximum Gasteiger partial charge on any atom is 0.120 e. The molecule has 0 atom stereocenters. The average Bonchev–Trinajstić information content (AvgIpc) is 2.67. The molecule has 3 heteroatoms. The number of allylic oxidation sites excluding steroid dienone is 1. The van der Waals surface area contributed by atoms with Crippen LogP contribution in [0.2, 0.25) is 0 Å². The zero-order valence-corrected chi connectivity index (χ0v) is 16.6. The van der Waals surface area contributed by atoms with Crippen LogP contribution in [0.4, 0.5) is 0 Å². The number of benzene rings is 3. The molecule has 3 aromatic rings. The van der Waals surface area contributed by atoms with Crippen molar-refractivity contribution < 1.29 is 4.74 Å². The minimum atomic E-state index is 0.523. The third-order valence-corrected chi connectivity index (χ3v) is 4.69. The second-order valence-corrected chi connectivity index (χ2v) is 7.27. The van der Waals surface area contributed by atoms with Crippen molar-refractivity contribution in [3.8, 4) is 11.8 Å². The molecule has 0 spiro atoms. The number of ether oxygens (including phenoxy) is 1. The molecule has 0 aliphatic carbocycles. The van der Waals surface area contributed by atoms with E-state index in [1.165, 1.54) is 5.56 Å². The quantitative estimate of drug-likeness (QED) is 0.261. The predicted octanol–water partition coefficient (Wildman–Crippen LogP) is 6.24. The van der Waals surface area contributed by atoms with Crippen LogP contribution < -0.4 is 4.74 Å². The summed E-state index contributed by atoms with van der Waals surface area (Å²) in [6, 6.07) is 26.3. The highest BCUT2D eigenvalue weighted by molar-refractivity contribution is 14.1. The summed E-state index contributed by atoms with van der Waals surface area (Å²) in [5.74, 6) is 0.791. The van der Waals surface area contributed by atoms with Gasteiger partial charge in [0.2, 0.25) is 0 Å². The van der Waals surface area contributed by atoms with Crippen molar-refractivity contribution in [1.82, 2.24) is 0 Å². The summed E-state index contributed by atoms with van der Waals surface area (Å²) in [7, 11) is 0. The minimum absolute atomic E-state index is 0.523. The lowest BCUT2D eigenvalue weighted by molar-refractivity contribution is 0.306. The highest BCUT2D eigenvalue weighted by Crippen LogP contribution is 2.22. The number of nitrogens with zero attached hydrogens (tertiary/aromatic N) is 1. The van der Waals surface area contributed by atoms with Crippen LogP contribution in [0.25, 0.3) is 11.6 Å². The minimum Gasteiger partial charge on any atom is -0.489 e. The zero-order chi connectivity index (χ0) is 18.4. The molecule has 0 saturated heterocycles. The lowest BCUT2D eigenvalue weighted by Crippen LogP contribution is -1.95. The van der Waals surface area contributed by atoms with Gasteiger partial charge in [-0.3, -0.25) is 0 Å². The number of hydrogen-bond donors (Lipinski definition) is 0. The van der Waals surface area contributed by atoms with Crippen molar-refractivity contribution in [3.05, 3.63) is 98.6 Å². The molecule has 0 saturated carbocycles. The topological polar surface area (TPSA) is 33.0 Å². The van der Waals surface area contributed by atoms with Gasteiger partial charge < -0.3 is 4.74 Å². The molecule has 0 radical (unpaired) electrons. The molecule has 0 aliphatic heterocycles. The third-order valence-electron chi connectivity index (χ3n) is 3.97. The van der Waals surface area contributed by atoms with Crippen LogP contribution in [0.5, 0.6) is 5.75 Å². The van der Waals surface area contributed by atoms with Gasteiger partial charge in [0.1, 0.15) is 12.4 Å². The maximum absolute atomic E-state index is 9.50. The molecule has 0 bridgehead atoms. The Balaban J connectivity index is 1.76. The fourth-order valence-electron chi connectivity index (χ4n) is 2.52. The Kier molecular flexibility index (Phi) is 6.08. The van der Waals surface area contributed by atoms with E-state index in [2.05, 4.69) is 59.8 Å². The van der Waals surface area contributed by atoms with Crippen molar-refractivity contribution in [3.63, 3.8) is 0 Å². The molecule has 26 heavy (non-hydrogen) atoms. The summed E-state index contributed by atoms with van der Waals surface area (Å²) in [5.41, 5.74) is 4.87. The fraction of sp³-hybridized carbons (Fsp3) is 0.0870. The van der Waals surface area contributed by atoms with Crippen LogP contribution in [0.15, 0.2) is 72.8 Å². The van der Waals surface area contributed by atoms with Crippen LogP contribution in [-0.2, 0) is 6.61 Å². The summed E-state index contributed by atoms with van der Waals surface area (Å²) in [5, 5.41) is 9.50. The largest absolute Gasteiger partial charge is 0.489 e. The molecule has 0 aliphatic rings. The Morgan fingerprint density at radius 1 is 1.04 bits per heavy atom. The highest BCUT2D eigenvalue weighted by atomic mass is 127.